The lowest BCUT2D eigenvalue weighted by Gasteiger charge is -2.27. The lowest BCUT2D eigenvalue weighted by atomic mass is 10.0. The van der Waals surface area contributed by atoms with Crippen LogP contribution in [-0.4, -0.2) is 47.9 Å². The van der Waals surface area contributed by atoms with E-state index in [-0.39, 0.29) is 18.2 Å². The summed E-state index contributed by atoms with van der Waals surface area (Å²) in [7, 11) is 0. The molecule has 2 amide bonds. The third-order valence-corrected chi connectivity index (χ3v) is 4.82. The number of carbonyl (C=O) groups excluding carboxylic acids is 1. The number of hydrogen-bond acceptors (Lipinski definition) is 3. The normalized spacial score (nSPS) is 25.5. The summed E-state index contributed by atoms with van der Waals surface area (Å²) < 4.78 is 5.54. The zero-order chi connectivity index (χ0) is 16.1. The maximum atomic E-state index is 12.4. The van der Waals surface area contributed by atoms with Gasteiger partial charge in [0.2, 0.25) is 0 Å². The SMILES string of the molecule is O=C(NCC1CCCO1)N1CCCC1CC(O)c1ccccc1. The molecule has 2 aliphatic heterocycles. The average molecular weight is 318 g/mol. The quantitative estimate of drug-likeness (QED) is 0.877. The summed E-state index contributed by atoms with van der Waals surface area (Å²) in [5, 5.41) is 13.4. The Balaban J connectivity index is 1.51. The molecule has 3 rings (SSSR count). The second-order valence-electron chi connectivity index (χ2n) is 6.47. The number of carbonyl (C=O) groups is 1. The van der Waals surface area contributed by atoms with Crippen LogP contribution in [0, 0.1) is 0 Å². The highest BCUT2D eigenvalue weighted by Gasteiger charge is 2.31. The van der Waals surface area contributed by atoms with E-state index < -0.39 is 6.10 Å². The highest BCUT2D eigenvalue weighted by atomic mass is 16.5. The van der Waals surface area contributed by atoms with Gasteiger partial charge in [-0.2, -0.15) is 0 Å². The minimum atomic E-state index is -0.521. The first kappa shape index (κ1) is 16.3. The minimum absolute atomic E-state index is 0.0248. The predicted octanol–water partition coefficient (Wildman–Crippen LogP) is 2.46. The van der Waals surface area contributed by atoms with Crippen molar-refractivity contribution >= 4 is 6.03 Å². The number of aliphatic hydroxyl groups is 1. The minimum Gasteiger partial charge on any atom is -0.388 e. The van der Waals surface area contributed by atoms with E-state index in [0.29, 0.717) is 13.0 Å². The standard InChI is InChI=1S/C18H26N2O3/c21-17(14-6-2-1-3-7-14)12-15-8-4-10-20(15)18(22)19-13-16-9-5-11-23-16/h1-3,6-7,15-17,21H,4-5,8-13H2,(H,19,22). The Morgan fingerprint density at radius 3 is 2.87 bits per heavy atom. The first-order chi connectivity index (χ1) is 11.2. The Morgan fingerprint density at radius 1 is 1.30 bits per heavy atom. The lowest BCUT2D eigenvalue weighted by molar-refractivity contribution is 0.104. The van der Waals surface area contributed by atoms with Crippen LogP contribution >= 0.6 is 0 Å². The van der Waals surface area contributed by atoms with Crippen LogP contribution in [0.15, 0.2) is 30.3 Å². The van der Waals surface area contributed by atoms with Gasteiger partial charge in [0, 0.05) is 25.7 Å². The van der Waals surface area contributed by atoms with Gasteiger partial charge in [-0.15, -0.1) is 0 Å². The van der Waals surface area contributed by atoms with Crippen LogP contribution in [0.5, 0.6) is 0 Å². The van der Waals surface area contributed by atoms with Crippen molar-refractivity contribution in [2.45, 2.75) is 50.4 Å². The number of hydrogen-bond donors (Lipinski definition) is 2. The first-order valence-electron chi connectivity index (χ1n) is 8.63. The molecule has 0 saturated carbocycles. The van der Waals surface area contributed by atoms with E-state index in [0.717, 1.165) is 44.4 Å². The molecule has 2 saturated heterocycles. The van der Waals surface area contributed by atoms with E-state index in [1.54, 1.807) is 0 Å². The Kier molecular flexibility index (Phi) is 5.51. The Bertz CT molecular complexity index is 502. The van der Waals surface area contributed by atoms with Gasteiger partial charge in [0.25, 0.3) is 0 Å². The number of nitrogens with one attached hydrogen (secondary N) is 1. The zero-order valence-corrected chi connectivity index (χ0v) is 13.5. The van der Waals surface area contributed by atoms with Crippen LogP contribution in [0.3, 0.4) is 0 Å². The fourth-order valence-electron chi connectivity index (χ4n) is 3.53. The van der Waals surface area contributed by atoms with Crippen molar-refractivity contribution < 1.29 is 14.6 Å². The van der Waals surface area contributed by atoms with Crippen LogP contribution in [0.25, 0.3) is 0 Å². The van der Waals surface area contributed by atoms with E-state index in [1.807, 2.05) is 35.2 Å². The number of urea groups is 1. The van der Waals surface area contributed by atoms with E-state index >= 15 is 0 Å². The predicted molar refractivity (Wildman–Crippen MR) is 88.1 cm³/mol. The number of nitrogens with zero attached hydrogens (tertiary/aromatic N) is 1. The maximum absolute atomic E-state index is 12.4. The monoisotopic (exact) mass is 318 g/mol. The summed E-state index contributed by atoms with van der Waals surface area (Å²) in [4.78, 5) is 14.3. The third-order valence-electron chi connectivity index (χ3n) is 4.82. The van der Waals surface area contributed by atoms with E-state index in [2.05, 4.69) is 5.32 Å². The number of ether oxygens (including phenoxy) is 1. The van der Waals surface area contributed by atoms with Crippen molar-refractivity contribution in [3.63, 3.8) is 0 Å². The average Bonchev–Trinajstić information content (AvgIpc) is 3.25. The van der Waals surface area contributed by atoms with Gasteiger partial charge < -0.3 is 20.1 Å². The zero-order valence-electron chi connectivity index (χ0n) is 13.5. The summed E-state index contributed by atoms with van der Waals surface area (Å²) >= 11 is 0. The maximum Gasteiger partial charge on any atom is 0.317 e. The molecule has 0 spiro atoms. The van der Waals surface area contributed by atoms with Crippen LogP contribution in [-0.2, 0) is 4.74 Å². The third kappa shape index (κ3) is 4.24. The summed E-state index contributed by atoms with van der Waals surface area (Å²) in [5.74, 6) is 0. The number of benzene rings is 1. The van der Waals surface area contributed by atoms with E-state index in [9.17, 15) is 9.90 Å². The molecule has 0 bridgehead atoms. The Labute approximate surface area is 137 Å². The number of likely N-dealkylation sites (tertiary alicyclic amines) is 1. The molecule has 0 aromatic heterocycles. The van der Waals surface area contributed by atoms with Crippen molar-refractivity contribution in [2.24, 2.45) is 0 Å². The van der Waals surface area contributed by atoms with Crippen LogP contribution in [0.4, 0.5) is 4.79 Å². The lowest BCUT2D eigenvalue weighted by Crippen LogP contribution is -2.45. The molecule has 5 nitrogen and oxygen atoms in total. The van der Waals surface area contributed by atoms with Gasteiger partial charge in [0.15, 0.2) is 0 Å². The molecule has 5 heteroatoms. The molecule has 2 aliphatic rings. The van der Waals surface area contributed by atoms with Crippen molar-refractivity contribution in [3.8, 4) is 0 Å². The summed E-state index contributed by atoms with van der Waals surface area (Å²) in [6, 6.07) is 9.75. The van der Waals surface area contributed by atoms with Gasteiger partial charge in [-0.3, -0.25) is 0 Å². The summed E-state index contributed by atoms with van der Waals surface area (Å²) in [6.07, 6.45) is 4.29. The van der Waals surface area contributed by atoms with Crippen molar-refractivity contribution in [3.05, 3.63) is 35.9 Å². The molecule has 2 fully saturated rings. The van der Waals surface area contributed by atoms with E-state index in [4.69, 9.17) is 4.74 Å². The van der Waals surface area contributed by atoms with E-state index in [1.165, 1.54) is 0 Å². The van der Waals surface area contributed by atoms with Gasteiger partial charge in [-0.1, -0.05) is 30.3 Å². The van der Waals surface area contributed by atoms with Crippen molar-refractivity contribution in [2.75, 3.05) is 19.7 Å². The molecule has 2 N–H and O–H groups in total. The first-order valence-corrected chi connectivity index (χ1v) is 8.63. The van der Waals surface area contributed by atoms with Crippen molar-refractivity contribution in [1.29, 1.82) is 0 Å². The molecule has 3 unspecified atom stereocenters. The number of amides is 2. The van der Waals surface area contributed by atoms with Gasteiger partial charge in [0.05, 0.1) is 12.2 Å². The van der Waals surface area contributed by atoms with Crippen LogP contribution in [0.2, 0.25) is 0 Å². The summed E-state index contributed by atoms with van der Waals surface area (Å²) in [5.41, 5.74) is 0.916. The van der Waals surface area contributed by atoms with Gasteiger partial charge in [0.1, 0.15) is 0 Å². The molecule has 0 aliphatic carbocycles. The van der Waals surface area contributed by atoms with Gasteiger partial charge in [-0.05, 0) is 37.7 Å². The Morgan fingerprint density at radius 2 is 2.13 bits per heavy atom. The molecule has 1 aromatic carbocycles. The van der Waals surface area contributed by atoms with Crippen LogP contribution < -0.4 is 5.32 Å². The summed E-state index contributed by atoms with van der Waals surface area (Å²) in [6.45, 7) is 2.16. The largest absolute Gasteiger partial charge is 0.388 e. The highest BCUT2D eigenvalue weighted by Crippen LogP contribution is 2.27. The molecule has 126 valence electrons. The van der Waals surface area contributed by atoms with Crippen LogP contribution in [0.1, 0.15) is 43.8 Å². The molecular formula is C18H26N2O3. The topological polar surface area (TPSA) is 61.8 Å². The second kappa shape index (κ2) is 7.79. The fourth-order valence-corrected chi connectivity index (χ4v) is 3.53. The molecule has 2 heterocycles. The van der Waals surface area contributed by atoms with Gasteiger partial charge >= 0.3 is 6.03 Å². The fraction of sp³-hybridized carbons (Fsp3) is 0.611. The Hall–Kier alpha value is -1.59. The van der Waals surface area contributed by atoms with Crippen molar-refractivity contribution in [1.82, 2.24) is 10.2 Å². The molecule has 0 radical (unpaired) electrons. The second-order valence-corrected chi connectivity index (χ2v) is 6.47. The molecule has 3 atom stereocenters. The molecule has 1 aromatic rings. The number of rotatable bonds is 5. The highest BCUT2D eigenvalue weighted by molar-refractivity contribution is 5.74. The van der Waals surface area contributed by atoms with Gasteiger partial charge in [-0.25, -0.2) is 4.79 Å². The molecular weight excluding hydrogens is 292 g/mol. The number of aliphatic hydroxyl groups excluding tert-OH is 1. The smallest absolute Gasteiger partial charge is 0.317 e. The molecule has 23 heavy (non-hydrogen) atoms.